The number of aliphatic imine (C=N–C) groups is 1. The highest BCUT2D eigenvalue weighted by molar-refractivity contribution is 14.0. The van der Waals surface area contributed by atoms with E-state index in [1.54, 1.807) is 0 Å². The summed E-state index contributed by atoms with van der Waals surface area (Å²) in [5.41, 5.74) is 6.50. The molecule has 0 aromatic heterocycles. The number of hydrogen-bond donors (Lipinski definition) is 1. The minimum absolute atomic E-state index is 0. The van der Waals surface area contributed by atoms with Crippen LogP contribution in [0.5, 0.6) is 0 Å². The predicted molar refractivity (Wildman–Crippen MR) is 83.8 cm³/mol. The molecule has 0 aliphatic heterocycles. The maximum absolute atomic E-state index is 6.00. The summed E-state index contributed by atoms with van der Waals surface area (Å²) in [6, 6.07) is 0.670. The molecule has 0 radical (unpaired) electrons. The molecule has 0 heterocycles. The molecule has 2 saturated carbocycles. The molecule has 17 heavy (non-hydrogen) atoms. The summed E-state index contributed by atoms with van der Waals surface area (Å²) >= 11 is 0. The van der Waals surface area contributed by atoms with Crippen molar-refractivity contribution in [1.82, 2.24) is 4.90 Å². The summed E-state index contributed by atoms with van der Waals surface area (Å²) in [5.74, 6) is 1.53. The Morgan fingerprint density at radius 2 is 2.00 bits per heavy atom. The van der Waals surface area contributed by atoms with Gasteiger partial charge in [-0.2, -0.15) is 0 Å². The quantitative estimate of drug-likeness (QED) is 0.470. The maximum Gasteiger partial charge on any atom is 0.191 e. The van der Waals surface area contributed by atoms with Crippen molar-refractivity contribution in [1.29, 1.82) is 0 Å². The van der Waals surface area contributed by atoms with Crippen LogP contribution in [0.3, 0.4) is 0 Å². The van der Waals surface area contributed by atoms with E-state index in [2.05, 4.69) is 30.8 Å². The van der Waals surface area contributed by atoms with Gasteiger partial charge in [-0.1, -0.05) is 13.8 Å². The standard InChI is InChI=1S/C13H25N3.HI/c1-10(2)8-13(6-7-13)9-15-12(14)16(3)11-4-5-11;/h10-11H,4-9H2,1-3H3,(H2,14,15);1H. The van der Waals surface area contributed by atoms with Crippen molar-refractivity contribution < 1.29 is 0 Å². The minimum atomic E-state index is 0. The van der Waals surface area contributed by atoms with Crippen LogP contribution in [0, 0.1) is 11.3 Å². The fourth-order valence-corrected chi connectivity index (χ4v) is 2.48. The Morgan fingerprint density at radius 1 is 1.41 bits per heavy atom. The van der Waals surface area contributed by atoms with E-state index in [0.29, 0.717) is 11.5 Å². The molecule has 0 atom stereocenters. The molecular formula is C13H26IN3. The second kappa shape index (κ2) is 5.76. The van der Waals surface area contributed by atoms with Crippen LogP contribution in [-0.4, -0.2) is 30.5 Å². The topological polar surface area (TPSA) is 41.6 Å². The summed E-state index contributed by atoms with van der Waals surface area (Å²) < 4.78 is 0. The molecule has 0 aromatic carbocycles. The lowest BCUT2D eigenvalue weighted by Gasteiger charge is -2.19. The highest BCUT2D eigenvalue weighted by atomic mass is 127. The number of guanidine groups is 1. The third kappa shape index (κ3) is 4.30. The molecule has 0 amide bonds. The van der Waals surface area contributed by atoms with Gasteiger partial charge in [0, 0.05) is 19.6 Å². The summed E-state index contributed by atoms with van der Waals surface area (Å²) in [7, 11) is 2.07. The smallest absolute Gasteiger partial charge is 0.191 e. The van der Waals surface area contributed by atoms with Crippen LogP contribution in [-0.2, 0) is 0 Å². The van der Waals surface area contributed by atoms with Crippen molar-refractivity contribution in [3.05, 3.63) is 0 Å². The van der Waals surface area contributed by atoms with E-state index < -0.39 is 0 Å². The highest BCUT2D eigenvalue weighted by Gasteiger charge is 2.42. The Morgan fingerprint density at radius 3 is 2.41 bits per heavy atom. The SMILES string of the molecule is CC(C)CC1(CN=C(N)N(C)C2CC2)CC1.I. The number of nitrogens with two attached hydrogens (primary N) is 1. The molecule has 2 N–H and O–H groups in total. The first-order valence-corrected chi connectivity index (χ1v) is 6.55. The van der Waals surface area contributed by atoms with Gasteiger partial charge in [0.25, 0.3) is 0 Å². The average molecular weight is 351 g/mol. The van der Waals surface area contributed by atoms with Crippen molar-refractivity contribution >= 4 is 29.9 Å². The molecular weight excluding hydrogens is 325 g/mol. The van der Waals surface area contributed by atoms with Crippen molar-refractivity contribution in [3.8, 4) is 0 Å². The van der Waals surface area contributed by atoms with Gasteiger partial charge in [0.15, 0.2) is 5.96 Å². The minimum Gasteiger partial charge on any atom is -0.370 e. The Balaban J connectivity index is 0.00000144. The zero-order valence-electron chi connectivity index (χ0n) is 11.3. The van der Waals surface area contributed by atoms with Gasteiger partial charge in [-0.3, -0.25) is 4.99 Å². The Bertz CT molecular complexity index is 280. The lowest BCUT2D eigenvalue weighted by atomic mass is 9.94. The number of hydrogen-bond acceptors (Lipinski definition) is 1. The van der Waals surface area contributed by atoms with Gasteiger partial charge >= 0.3 is 0 Å². The van der Waals surface area contributed by atoms with Crippen LogP contribution in [0.2, 0.25) is 0 Å². The monoisotopic (exact) mass is 351 g/mol. The molecule has 2 aliphatic rings. The van der Waals surface area contributed by atoms with E-state index in [1.807, 2.05) is 0 Å². The summed E-state index contributed by atoms with van der Waals surface area (Å²) in [6.07, 6.45) is 6.55. The number of nitrogens with zero attached hydrogens (tertiary/aromatic N) is 2. The van der Waals surface area contributed by atoms with Crippen LogP contribution in [0.15, 0.2) is 4.99 Å². The Labute approximate surface area is 122 Å². The Hall–Kier alpha value is 0. The molecule has 100 valence electrons. The van der Waals surface area contributed by atoms with Crippen molar-refractivity contribution in [2.24, 2.45) is 22.1 Å². The molecule has 0 unspecified atom stereocenters. The van der Waals surface area contributed by atoms with Crippen LogP contribution < -0.4 is 5.73 Å². The largest absolute Gasteiger partial charge is 0.370 e. The third-order valence-corrected chi connectivity index (χ3v) is 3.83. The normalized spacial score (nSPS) is 22.2. The molecule has 0 saturated heterocycles. The third-order valence-electron chi connectivity index (χ3n) is 3.83. The van der Waals surface area contributed by atoms with Gasteiger partial charge in [0.05, 0.1) is 0 Å². The van der Waals surface area contributed by atoms with E-state index in [4.69, 9.17) is 5.73 Å². The second-order valence-corrected chi connectivity index (χ2v) is 6.11. The van der Waals surface area contributed by atoms with Crippen LogP contribution in [0.1, 0.15) is 46.0 Å². The Kier molecular flexibility index (Phi) is 5.10. The second-order valence-electron chi connectivity index (χ2n) is 6.11. The van der Waals surface area contributed by atoms with E-state index in [9.17, 15) is 0 Å². The molecule has 0 bridgehead atoms. The first kappa shape index (κ1) is 15.1. The van der Waals surface area contributed by atoms with Gasteiger partial charge in [-0.15, -0.1) is 24.0 Å². The lowest BCUT2D eigenvalue weighted by Crippen LogP contribution is -2.36. The molecule has 2 fully saturated rings. The average Bonchev–Trinajstić information content (AvgIpc) is 3.07. The molecule has 2 rings (SSSR count). The number of halogens is 1. The van der Waals surface area contributed by atoms with Crippen LogP contribution >= 0.6 is 24.0 Å². The van der Waals surface area contributed by atoms with Crippen molar-refractivity contribution in [2.45, 2.75) is 52.0 Å². The summed E-state index contributed by atoms with van der Waals surface area (Å²) in [4.78, 5) is 6.74. The van der Waals surface area contributed by atoms with E-state index >= 15 is 0 Å². The van der Waals surface area contributed by atoms with Gasteiger partial charge in [0.1, 0.15) is 0 Å². The zero-order valence-corrected chi connectivity index (χ0v) is 13.6. The van der Waals surface area contributed by atoms with Gasteiger partial charge in [-0.05, 0) is 43.4 Å². The highest BCUT2D eigenvalue weighted by Crippen LogP contribution is 2.50. The summed E-state index contributed by atoms with van der Waals surface area (Å²) in [5, 5.41) is 0. The molecule has 4 heteroatoms. The van der Waals surface area contributed by atoms with E-state index in [1.165, 1.54) is 32.1 Å². The van der Waals surface area contributed by atoms with Crippen molar-refractivity contribution in [3.63, 3.8) is 0 Å². The lowest BCUT2D eigenvalue weighted by molar-refractivity contribution is 0.394. The zero-order chi connectivity index (χ0) is 11.8. The van der Waals surface area contributed by atoms with E-state index in [0.717, 1.165) is 18.4 Å². The van der Waals surface area contributed by atoms with Crippen LogP contribution in [0.25, 0.3) is 0 Å². The van der Waals surface area contributed by atoms with Gasteiger partial charge < -0.3 is 10.6 Å². The number of rotatable bonds is 5. The molecule has 0 spiro atoms. The van der Waals surface area contributed by atoms with Gasteiger partial charge in [0.2, 0.25) is 0 Å². The van der Waals surface area contributed by atoms with Gasteiger partial charge in [-0.25, -0.2) is 0 Å². The molecule has 3 nitrogen and oxygen atoms in total. The maximum atomic E-state index is 6.00. The first-order valence-electron chi connectivity index (χ1n) is 6.55. The first-order chi connectivity index (χ1) is 7.52. The fraction of sp³-hybridized carbons (Fsp3) is 0.923. The summed E-state index contributed by atoms with van der Waals surface area (Å²) in [6.45, 7) is 5.53. The molecule has 2 aliphatic carbocycles. The van der Waals surface area contributed by atoms with E-state index in [-0.39, 0.29) is 24.0 Å². The fourth-order valence-electron chi connectivity index (χ4n) is 2.48. The van der Waals surface area contributed by atoms with Crippen molar-refractivity contribution in [2.75, 3.05) is 13.6 Å². The predicted octanol–water partition coefficient (Wildman–Crippen LogP) is 2.84. The van der Waals surface area contributed by atoms with Crippen LogP contribution in [0.4, 0.5) is 0 Å². The molecule has 0 aromatic rings.